The number of carbonyl (C=O) groups excluding carboxylic acids is 2. The van der Waals surface area contributed by atoms with E-state index in [2.05, 4.69) is 5.32 Å². The van der Waals surface area contributed by atoms with E-state index < -0.39 is 36.0 Å². The zero-order chi connectivity index (χ0) is 27.3. The molecule has 0 spiro atoms. The van der Waals surface area contributed by atoms with E-state index in [0.29, 0.717) is 47.0 Å². The molecule has 2 aromatic carbocycles. The zero-order valence-electron chi connectivity index (χ0n) is 20.7. The molecule has 0 aliphatic heterocycles. The number of ether oxygens (including phenoxy) is 4. The highest BCUT2D eigenvalue weighted by Crippen LogP contribution is 2.50. The maximum Gasteiger partial charge on any atom is 0.471 e. The molecule has 2 amide bonds. The minimum atomic E-state index is -5.12. The topological polar surface area (TPSA) is 112 Å². The van der Waals surface area contributed by atoms with E-state index in [1.54, 1.807) is 24.4 Å². The highest BCUT2D eigenvalue weighted by molar-refractivity contribution is 5.88. The van der Waals surface area contributed by atoms with E-state index in [4.69, 9.17) is 18.9 Å². The number of benzene rings is 1. The van der Waals surface area contributed by atoms with Crippen LogP contribution in [0.2, 0.25) is 0 Å². The average molecular weight is 524 g/mol. The molecule has 37 heavy (non-hydrogen) atoms. The monoisotopic (exact) mass is 524 g/mol. The molecule has 2 N–H and O–H groups in total. The van der Waals surface area contributed by atoms with Gasteiger partial charge in [0.1, 0.15) is 0 Å². The van der Waals surface area contributed by atoms with Crippen molar-refractivity contribution >= 4 is 11.8 Å². The van der Waals surface area contributed by atoms with E-state index in [-0.39, 0.29) is 12.2 Å². The molecule has 0 fully saturated rings. The summed E-state index contributed by atoms with van der Waals surface area (Å²) in [5.41, 5.74) is 1.87. The summed E-state index contributed by atoms with van der Waals surface area (Å²) in [4.78, 5) is 36.5. The van der Waals surface area contributed by atoms with Crippen molar-refractivity contribution in [2.45, 2.75) is 32.0 Å². The van der Waals surface area contributed by atoms with Gasteiger partial charge < -0.3 is 29.6 Å². The van der Waals surface area contributed by atoms with Gasteiger partial charge in [-0.15, -0.1) is 0 Å². The number of alkyl halides is 3. The van der Waals surface area contributed by atoms with E-state index in [0.717, 1.165) is 5.56 Å². The minimum absolute atomic E-state index is 0.0515. The lowest BCUT2D eigenvalue weighted by Crippen LogP contribution is -2.43. The number of methoxy groups -OCH3 is 3. The van der Waals surface area contributed by atoms with Crippen LogP contribution in [0.3, 0.4) is 0 Å². The molecule has 0 heterocycles. The molecule has 1 aliphatic carbocycles. The lowest BCUT2D eigenvalue weighted by molar-refractivity contribution is -0.173. The summed E-state index contributed by atoms with van der Waals surface area (Å²) < 4.78 is 59.8. The van der Waals surface area contributed by atoms with Crippen molar-refractivity contribution in [2.75, 3.05) is 34.5 Å². The van der Waals surface area contributed by atoms with Crippen LogP contribution in [-0.4, -0.2) is 52.5 Å². The lowest BCUT2D eigenvalue weighted by Gasteiger charge is -2.20. The molecule has 2 aromatic rings. The first-order chi connectivity index (χ1) is 17.5. The molecular weight excluding hydrogens is 497 g/mol. The van der Waals surface area contributed by atoms with E-state index in [9.17, 15) is 27.6 Å². The zero-order valence-corrected chi connectivity index (χ0v) is 20.7. The fraction of sp³-hybridized carbons (Fsp3) is 0.400. The molecule has 0 saturated carbocycles. The summed E-state index contributed by atoms with van der Waals surface area (Å²) in [5, 5.41) is 4.19. The van der Waals surface area contributed by atoms with Gasteiger partial charge in [-0.1, -0.05) is 6.07 Å². The van der Waals surface area contributed by atoms with Gasteiger partial charge in [-0.3, -0.25) is 14.4 Å². The summed E-state index contributed by atoms with van der Waals surface area (Å²) >= 11 is 0. The Kier molecular flexibility index (Phi) is 8.51. The molecule has 0 bridgehead atoms. The quantitative estimate of drug-likeness (QED) is 0.546. The highest BCUT2D eigenvalue weighted by Gasteiger charge is 2.38. The number of rotatable bonds is 8. The molecule has 0 radical (unpaired) electrons. The van der Waals surface area contributed by atoms with Crippen LogP contribution >= 0.6 is 0 Å². The lowest BCUT2D eigenvalue weighted by atomic mass is 9.95. The Morgan fingerprint density at radius 3 is 2.32 bits per heavy atom. The van der Waals surface area contributed by atoms with Gasteiger partial charge in [-0.25, -0.2) is 0 Å². The predicted octanol–water partition coefficient (Wildman–Crippen LogP) is 2.92. The Morgan fingerprint density at radius 2 is 1.73 bits per heavy atom. The van der Waals surface area contributed by atoms with Crippen molar-refractivity contribution in [3.63, 3.8) is 0 Å². The summed E-state index contributed by atoms with van der Waals surface area (Å²) in [6, 6.07) is 5.45. The summed E-state index contributed by atoms with van der Waals surface area (Å²) in [7, 11) is 4.29. The van der Waals surface area contributed by atoms with Crippen LogP contribution in [0.15, 0.2) is 29.1 Å². The number of carbonyl (C=O) groups is 2. The Labute approximate surface area is 210 Å². The minimum Gasteiger partial charge on any atom is -0.493 e. The number of amides is 2. The van der Waals surface area contributed by atoms with Crippen molar-refractivity contribution in [3.05, 3.63) is 45.6 Å². The third-order valence-electron chi connectivity index (χ3n) is 5.81. The summed E-state index contributed by atoms with van der Waals surface area (Å²) in [5.74, 6) is -1.89. The Balaban J connectivity index is 2.15. The molecule has 0 aromatic heterocycles. The SMILES string of the molecule is CCOc1c(OC)c(OC)cc2c1-c1ccc(OC)c(=O)cc1C(NC(=O)CNC(=O)C(F)(F)F)CC2. The molecular formula is C25H27F3N2O7. The highest BCUT2D eigenvalue weighted by atomic mass is 19.4. The van der Waals surface area contributed by atoms with Crippen LogP contribution in [0.4, 0.5) is 13.2 Å². The fourth-order valence-corrected chi connectivity index (χ4v) is 4.21. The van der Waals surface area contributed by atoms with Crippen molar-refractivity contribution in [2.24, 2.45) is 0 Å². The largest absolute Gasteiger partial charge is 0.493 e. The van der Waals surface area contributed by atoms with Crippen LogP contribution < -0.4 is 35.0 Å². The molecule has 3 rings (SSSR count). The summed E-state index contributed by atoms with van der Waals surface area (Å²) in [6.45, 7) is 1.19. The van der Waals surface area contributed by atoms with Gasteiger partial charge in [0.2, 0.25) is 17.1 Å². The molecule has 200 valence electrons. The van der Waals surface area contributed by atoms with Crippen LogP contribution in [-0.2, 0) is 16.0 Å². The fourth-order valence-electron chi connectivity index (χ4n) is 4.21. The molecule has 12 heteroatoms. The molecule has 1 unspecified atom stereocenters. The number of fused-ring (bicyclic) bond motifs is 3. The van der Waals surface area contributed by atoms with Gasteiger partial charge in [0, 0.05) is 5.56 Å². The normalized spacial score (nSPS) is 14.4. The van der Waals surface area contributed by atoms with Crippen LogP contribution in [0.5, 0.6) is 23.0 Å². The number of hydrogen-bond acceptors (Lipinski definition) is 7. The van der Waals surface area contributed by atoms with Gasteiger partial charge >= 0.3 is 12.1 Å². The Hall–Kier alpha value is -3.96. The number of nitrogens with one attached hydrogen (secondary N) is 2. The number of halogens is 3. The van der Waals surface area contributed by atoms with Crippen LogP contribution in [0.1, 0.15) is 30.5 Å². The van der Waals surface area contributed by atoms with Crippen molar-refractivity contribution in [1.29, 1.82) is 0 Å². The molecule has 1 atom stereocenters. The van der Waals surface area contributed by atoms with E-state index in [1.807, 2.05) is 0 Å². The van der Waals surface area contributed by atoms with Crippen LogP contribution in [0.25, 0.3) is 11.1 Å². The predicted molar refractivity (Wildman–Crippen MR) is 127 cm³/mol. The third kappa shape index (κ3) is 5.89. The standard InChI is InChI=1S/C25H27F3N2O7/c1-5-37-23-21-13(10-19(35-3)22(23)36-4)6-8-16(30-20(32)12-29-24(33)25(26,27)28)15-11-17(31)18(34-2)9-7-14(15)21/h7,9-11,16H,5-6,8,12H2,1-4H3,(H,29,33)(H,30,32). The summed E-state index contributed by atoms with van der Waals surface area (Å²) in [6.07, 6.45) is -4.45. The van der Waals surface area contributed by atoms with Gasteiger partial charge in [-0.05, 0) is 54.7 Å². The second kappa shape index (κ2) is 11.4. The maximum atomic E-state index is 12.8. The van der Waals surface area contributed by atoms with Crippen molar-refractivity contribution in [1.82, 2.24) is 10.6 Å². The Bertz CT molecular complexity index is 1250. The van der Waals surface area contributed by atoms with Gasteiger partial charge in [0.05, 0.1) is 40.5 Å². The van der Waals surface area contributed by atoms with Gasteiger partial charge in [0.25, 0.3) is 0 Å². The smallest absolute Gasteiger partial charge is 0.471 e. The number of hydrogen-bond donors (Lipinski definition) is 2. The van der Waals surface area contributed by atoms with Crippen molar-refractivity contribution in [3.8, 4) is 34.1 Å². The molecule has 0 saturated heterocycles. The van der Waals surface area contributed by atoms with Crippen LogP contribution in [0, 0.1) is 0 Å². The van der Waals surface area contributed by atoms with E-state index in [1.165, 1.54) is 33.5 Å². The Morgan fingerprint density at radius 1 is 1.03 bits per heavy atom. The first-order valence-corrected chi connectivity index (χ1v) is 11.3. The average Bonchev–Trinajstić information content (AvgIpc) is 3.10. The third-order valence-corrected chi connectivity index (χ3v) is 5.81. The first-order valence-electron chi connectivity index (χ1n) is 11.3. The van der Waals surface area contributed by atoms with Gasteiger partial charge in [0.15, 0.2) is 17.2 Å². The molecule has 1 aliphatic rings. The van der Waals surface area contributed by atoms with Gasteiger partial charge in [-0.2, -0.15) is 13.2 Å². The number of aryl methyl sites for hydroxylation is 1. The second-order valence-electron chi connectivity index (χ2n) is 8.03. The van der Waals surface area contributed by atoms with Crippen molar-refractivity contribution < 1.29 is 41.7 Å². The maximum absolute atomic E-state index is 12.8. The second-order valence-corrected chi connectivity index (χ2v) is 8.03. The first kappa shape index (κ1) is 27.6. The molecule has 9 nitrogen and oxygen atoms in total. The van der Waals surface area contributed by atoms with E-state index >= 15 is 0 Å².